The molecule has 0 heterocycles. The lowest BCUT2D eigenvalue weighted by molar-refractivity contribution is -0.385. The van der Waals surface area contributed by atoms with Gasteiger partial charge in [0.2, 0.25) is 5.75 Å². The highest BCUT2D eigenvalue weighted by molar-refractivity contribution is 14.1. The van der Waals surface area contributed by atoms with E-state index in [1.165, 1.54) is 30.3 Å². The monoisotopic (exact) mass is 419 g/mol. The van der Waals surface area contributed by atoms with E-state index < -0.39 is 10.9 Å². The van der Waals surface area contributed by atoms with Crippen LogP contribution in [-0.2, 0) is 0 Å². The highest BCUT2D eigenvalue weighted by atomic mass is 127. The molecule has 108 valence electrons. The van der Waals surface area contributed by atoms with Crippen molar-refractivity contribution in [3.05, 3.63) is 60.7 Å². The highest BCUT2D eigenvalue weighted by Gasteiger charge is 2.21. The number of benzene rings is 2. The quantitative estimate of drug-likeness (QED) is 0.452. The number of carbonyl (C=O) groups is 1. The molecule has 0 amide bonds. The largest absolute Gasteiger partial charge is 0.478 e. The Kier molecular flexibility index (Phi) is 4.63. The van der Waals surface area contributed by atoms with Crippen molar-refractivity contribution < 1.29 is 19.6 Å². The summed E-state index contributed by atoms with van der Waals surface area (Å²) in [5.74, 6) is -1.40. The number of hydrogen-bond donors (Lipinski definition) is 1. The first kappa shape index (κ1) is 15.5. The van der Waals surface area contributed by atoms with E-state index in [4.69, 9.17) is 21.4 Å². The summed E-state index contributed by atoms with van der Waals surface area (Å²) < 4.78 is 6.09. The van der Waals surface area contributed by atoms with E-state index in [9.17, 15) is 14.9 Å². The Bertz CT molecular complexity index is 734. The van der Waals surface area contributed by atoms with Crippen LogP contribution in [0.1, 0.15) is 10.4 Å². The van der Waals surface area contributed by atoms with E-state index in [1.807, 2.05) is 22.6 Å². The van der Waals surface area contributed by atoms with Crippen molar-refractivity contribution in [3.63, 3.8) is 0 Å². The van der Waals surface area contributed by atoms with Gasteiger partial charge in [0.25, 0.3) is 0 Å². The third kappa shape index (κ3) is 3.42. The van der Waals surface area contributed by atoms with Crippen LogP contribution in [-0.4, -0.2) is 16.0 Å². The number of rotatable bonds is 4. The van der Waals surface area contributed by atoms with E-state index >= 15 is 0 Å². The summed E-state index contributed by atoms with van der Waals surface area (Å²) in [7, 11) is 0. The van der Waals surface area contributed by atoms with Crippen LogP contribution in [0, 0.1) is 13.7 Å². The Balaban J connectivity index is 2.53. The molecule has 0 aliphatic rings. The first-order chi connectivity index (χ1) is 9.90. The molecule has 0 radical (unpaired) electrons. The minimum absolute atomic E-state index is 0.0147. The van der Waals surface area contributed by atoms with Crippen molar-refractivity contribution in [3.8, 4) is 11.5 Å². The smallest absolute Gasteiger partial charge is 0.339 e. The third-order valence-corrected chi connectivity index (χ3v) is 3.50. The number of ether oxygens (including phenoxy) is 1. The molecular formula is C13H7ClINO5. The number of hydrogen-bond acceptors (Lipinski definition) is 4. The highest BCUT2D eigenvalue weighted by Crippen LogP contribution is 2.38. The maximum Gasteiger partial charge on any atom is 0.339 e. The second-order valence-corrected chi connectivity index (χ2v) is 5.55. The van der Waals surface area contributed by atoms with Gasteiger partial charge in [0.05, 0.1) is 9.95 Å². The van der Waals surface area contributed by atoms with Gasteiger partial charge in [-0.1, -0.05) is 17.7 Å². The molecule has 21 heavy (non-hydrogen) atoms. The van der Waals surface area contributed by atoms with Gasteiger partial charge in [-0.2, -0.15) is 0 Å². The van der Waals surface area contributed by atoms with Gasteiger partial charge in [-0.05, 0) is 46.9 Å². The minimum atomic E-state index is -1.20. The van der Waals surface area contributed by atoms with Crippen molar-refractivity contribution in [2.75, 3.05) is 0 Å². The van der Waals surface area contributed by atoms with E-state index in [1.54, 1.807) is 6.07 Å². The molecule has 0 spiro atoms. The van der Waals surface area contributed by atoms with Gasteiger partial charge in [-0.25, -0.2) is 4.79 Å². The Morgan fingerprint density at radius 1 is 1.33 bits per heavy atom. The average molecular weight is 420 g/mol. The summed E-state index contributed by atoms with van der Waals surface area (Å²) in [4.78, 5) is 21.6. The van der Waals surface area contributed by atoms with Gasteiger partial charge in [0, 0.05) is 9.64 Å². The zero-order chi connectivity index (χ0) is 15.6. The predicted molar refractivity (Wildman–Crippen MR) is 84.3 cm³/mol. The van der Waals surface area contributed by atoms with Crippen LogP contribution >= 0.6 is 34.2 Å². The summed E-state index contributed by atoms with van der Waals surface area (Å²) >= 11 is 7.87. The lowest BCUT2D eigenvalue weighted by Crippen LogP contribution is -2.02. The third-order valence-electron chi connectivity index (χ3n) is 2.53. The van der Waals surface area contributed by atoms with Gasteiger partial charge in [-0.3, -0.25) is 10.1 Å². The molecule has 2 aromatic rings. The van der Waals surface area contributed by atoms with E-state index in [0.29, 0.717) is 3.57 Å². The Morgan fingerprint density at radius 3 is 2.67 bits per heavy atom. The van der Waals surface area contributed by atoms with Gasteiger partial charge in [0.1, 0.15) is 11.3 Å². The SMILES string of the molecule is O=C(O)c1cc(I)ccc1Oc1c(Cl)cccc1[N+](=O)[O-]. The average Bonchev–Trinajstić information content (AvgIpc) is 2.42. The van der Waals surface area contributed by atoms with Crippen molar-refractivity contribution >= 4 is 45.8 Å². The summed E-state index contributed by atoms with van der Waals surface area (Å²) in [5, 5.41) is 20.2. The van der Waals surface area contributed by atoms with Crippen LogP contribution in [0.2, 0.25) is 5.02 Å². The van der Waals surface area contributed by atoms with Crippen LogP contribution in [0.4, 0.5) is 5.69 Å². The van der Waals surface area contributed by atoms with Gasteiger partial charge < -0.3 is 9.84 Å². The molecule has 1 N–H and O–H groups in total. The molecule has 6 nitrogen and oxygen atoms in total. The number of carboxylic acid groups (broad SMARTS) is 1. The number of aromatic carboxylic acids is 1. The number of para-hydroxylation sites is 1. The second kappa shape index (κ2) is 6.27. The molecule has 0 unspecified atom stereocenters. The number of carboxylic acids is 1. The zero-order valence-electron chi connectivity index (χ0n) is 10.2. The molecule has 8 heteroatoms. The van der Waals surface area contributed by atoms with E-state index in [-0.39, 0.29) is 27.8 Å². The molecular weight excluding hydrogens is 413 g/mol. The van der Waals surface area contributed by atoms with Crippen LogP contribution in [0.3, 0.4) is 0 Å². The number of nitro benzene ring substituents is 1. The zero-order valence-corrected chi connectivity index (χ0v) is 13.2. The number of nitro groups is 1. The predicted octanol–water partition coefficient (Wildman–Crippen LogP) is 4.34. The molecule has 0 saturated carbocycles. The summed E-state index contributed by atoms with van der Waals surface area (Å²) in [6.07, 6.45) is 0. The second-order valence-electron chi connectivity index (χ2n) is 3.89. The first-order valence-corrected chi connectivity index (χ1v) is 6.99. The standard InChI is InChI=1S/C13H7ClINO5/c14-9-2-1-3-10(16(19)20)12(9)21-11-5-4-7(15)6-8(11)13(17)18/h1-6H,(H,17,18). The Morgan fingerprint density at radius 2 is 2.05 bits per heavy atom. The lowest BCUT2D eigenvalue weighted by atomic mass is 10.2. The topological polar surface area (TPSA) is 89.7 Å². The van der Waals surface area contributed by atoms with Crippen LogP contribution in [0.15, 0.2) is 36.4 Å². The van der Waals surface area contributed by atoms with Gasteiger partial charge in [0.15, 0.2) is 0 Å². The van der Waals surface area contributed by atoms with E-state index in [2.05, 4.69) is 0 Å². The molecule has 0 atom stereocenters. The minimum Gasteiger partial charge on any atom is -0.478 e. The van der Waals surface area contributed by atoms with Crippen molar-refractivity contribution in [1.82, 2.24) is 0 Å². The van der Waals surface area contributed by atoms with Crippen LogP contribution in [0.5, 0.6) is 11.5 Å². The molecule has 0 bridgehead atoms. The van der Waals surface area contributed by atoms with Crippen LogP contribution in [0.25, 0.3) is 0 Å². The normalized spacial score (nSPS) is 10.2. The fraction of sp³-hybridized carbons (Fsp3) is 0. The first-order valence-electron chi connectivity index (χ1n) is 5.53. The molecule has 0 aliphatic carbocycles. The fourth-order valence-corrected chi connectivity index (χ4v) is 2.31. The Hall–Kier alpha value is -1.87. The van der Waals surface area contributed by atoms with Crippen molar-refractivity contribution in [1.29, 1.82) is 0 Å². The molecule has 0 aliphatic heterocycles. The lowest BCUT2D eigenvalue weighted by Gasteiger charge is -2.10. The van der Waals surface area contributed by atoms with Crippen molar-refractivity contribution in [2.24, 2.45) is 0 Å². The molecule has 0 saturated heterocycles. The maximum absolute atomic E-state index is 11.2. The van der Waals surface area contributed by atoms with E-state index in [0.717, 1.165) is 0 Å². The molecule has 0 aromatic heterocycles. The maximum atomic E-state index is 11.2. The summed E-state index contributed by atoms with van der Waals surface area (Å²) in [5.41, 5.74) is -0.437. The fourth-order valence-electron chi connectivity index (χ4n) is 1.61. The van der Waals surface area contributed by atoms with Crippen LogP contribution < -0.4 is 4.74 Å². The summed E-state index contributed by atoms with van der Waals surface area (Å²) in [6, 6.07) is 8.54. The van der Waals surface area contributed by atoms with Gasteiger partial charge in [-0.15, -0.1) is 0 Å². The van der Waals surface area contributed by atoms with Gasteiger partial charge >= 0.3 is 11.7 Å². The van der Waals surface area contributed by atoms with Crippen molar-refractivity contribution in [2.45, 2.75) is 0 Å². The number of nitrogens with zero attached hydrogens (tertiary/aromatic N) is 1. The summed E-state index contributed by atoms with van der Waals surface area (Å²) in [6.45, 7) is 0. The molecule has 2 aromatic carbocycles. The number of halogens is 2. The Labute approximate surface area is 137 Å². The molecule has 2 rings (SSSR count). The molecule has 0 fully saturated rings.